The van der Waals surface area contributed by atoms with E-state index in [9.17, 15) is 4.79 Å². The lowest BCUT2D eigenvalue weighted by molar-refractivity contribution is 0.103. The number of carbonyl (C=O) groups is 1. The van der Waals surface area contributed by atoms with Crippen LogP contribution in [0.3, 0.4) is 0 Å². The SMILES string of the molecule is COc1cccc(C(=O)c2cccnc2)c1. The maximum Gasteiger partial charge on any atom is 0.194 e. The standard InChI is InChI=1S/C13H11NO2/c1-16-12-6-2-4-10(8-12)13(15)11-5-3-7-14-9-11/h2-9H,1H3. The Labute approximate surface area is 93.7 Å². The average Bonchev–Trinajstić information content (AvgIpc) is 2.39. The number of methoxy groups -OCH3 is 1. The number of benzene rings is 1. The lowest BCUT2D eigenvalue weighted by Crippen LogP contribution is -2.01. The second-order valence-corrected chi connectivity index (χ2v) is 3.30. The largest absolute Gasteiger partial charge is 0.497 e. The van der Waals surface area contributed by atoms with Gasteiger partial charge >= 0.3 is 0 Å². The smallest absolute Gasteiger partial charge is 0.194 e. The highest BCUT2D eigenvalue weighted by molar-refractivity contribution is 6.08. The third kappa shape index (κ3) is 2.08. The molecule has 0 radical (unpaired) electrons. The van der Waals surface area contributed by atoms with Gasteiger partial charge in [0.15, 0.2) is 5.78 Å². The van der Waals surface area contributed by atoms with Gasteiger partial charge in [-0.3, -0.25) is 9.78 Å². The monoisotopic (exact) mass is 213 g/mol. The second-order valence-electron chi connectivity index (χ2n) is 3.30. The molecule has 0 spiro atoms. The first-order valence-electron chi connectivity index (χ1n) is 4.90. The number of pyridine rings is 1. The molecular weight excluding hydrogens is 202 g/mol. The van der Waals surface area contributed by atoms with Crippen LogP contribution in [0.25, 0.3) is 0 Å². The topological polar surface area (TPSA) is 39.2 Å². The van der Waals surface area contributed by atoms with Crippen LogP contribution < -0.4 is 4.74 Å². The van der Waals surface area contributed by atoms with Gasteiger partial charge in [-0.2, -0.15) is 0 Å². The maximum atomic E-state index is 12.0. The number of hydrogen-bond acceptors (Lipinski definition) is 3. The van der Waals surface area contributed by atoms with E-state index in [4.69, 9.17) is 4.74 Å². The number of nitrogens with zero attached hydrogens (tertiary/aromatic N) is 1. The summed E-state index contributed by atoms with van der Waals surface area (Å²) in [5.74, 6) is 0.627. The normalized spacial score (nSPS) is 9.81. The molecule has 16 heavy (non-hydrogen) atoms. The summed E-state index contributed by atoms with van der Waals surface area (Å²) >= 11 is 0. The van der Waals surface area contributed by atoms with Gasteiger partial charge in [0.1, 0.15) is 5.75 Å². The van der Waals surface area contributed by atoms with E-state index in [1.54, 1.807) is 55.9 Å². The number of ketones is 1. The van der Waals surface area contributed by atoms with Crippen LogP contribution in [0.5, 0.6) is 5.75 Å². The van der Waals surface area contributed by atoms with Gasteiger partial charge in [-0.15, -0.1) is 0 Å². The molecule has 0 bridgehead atoms. The van der Waals surface area contributed by atoms with Gasteiger partial charge < -0.3 is 4.74 Å². The zero-order valence-electron chi connectivity index (χ0n) is 8.88. The summed E-state index contributed by atoms with van der Waals surface area (Å²) in [4.78, 5) is 15.9. The molecule has 2 aromatic rings. The summed E-state index contributed by atoms with van der Waals surface area (Å²) in [5, 5.41) is 0. The summed E-state index contributed by atoms with van der Waals surface area (Å²) in [6.45, 7) is 0. The fourth-order valence-corrected chi connectivity index (χ4v) is 1.43. The molecule has 1 aromatic carbocycles. The summed E-state index contributed by atoms with van der Waals surface area (Å²) in [6, 6.07) is 10.6. The zero-order chi connectivity index (χ0) is 11.4. The Bertz CT molecular complexity index is 494. The van der Waals surface area contributed by atoms with Gasteiger partial charge in [0.25, 0.3) is 0 Å². The van der Waals surface area contributed by atoms with E-state index < -0.39 is 0 Å². The van der Waals surface area contributed by atoms with Crippen LogP contribution in [0.1, 0.15) is 15.9 Å². The molecule has 0 atom stereocenters. The van der Waals surface area contributed by atoms with E-state index in [-0.39, 0.29) is 5.78 Å². The molecule has 80 valence electrons. The first kappa shape index (κ1) is 10.4. The first-order valence-corrected chi connectivity index (χ1v) is 4.90. The Morgan fingerprint density at radius 3 is 2.69 bits per heavy atom. The van der Waals surface area contributed by atoms with Gasteiger partial charge in [-0.25, -0.2) is 0 Å². The van der Waals surface area contributed by atoms with Gasteiger partial charge in [-0.1, -0.05) is 12.1 Å². The van der Waals surface area contributed by atoms with Crippen molar-refractivity contribution in [3.63, 3.8) is 0 Å². The van der Waals surface area contributed by atoms with Crippen LogP contribution in [-0.2, 0) is 0 Å². The summed E-state index contributed by atoms with van der Waals surface area (Å²) < 4.78 is 5.07. The minimum Gasteiger partial charge on any atom is -0.497 e. The van der Waals surface area contributed by atoms with Gasteiger partial charge in [0.05, 0.1) is 7.11 Å². The highest BCUT2D eigenvalue weighted by Crippen LogP contribution is 2.15. The molecule has 0 saturated carbocycles. The van der Waals surface area contributed by atoms with Crippen LogP contribution in [-0.4, -0.2) is 17.9 Å². The highest BCUT2D eigenvalue weighted by atomic mass is 16.5. The molecule has 1 heterocycles. The van der Waals surface area contributed by atoms with Crippen LogP contribution in [0, 0.1) is 0 Å². The maximum absolute atomic E-state index is 12.0. The Morgan fingerprint density at radius 1 is 1.19 bits per heavy atom. The van der Waals surface area contributed by atoms with Crippen molar-refractivity contribution in [3.8, 4) is 5.75 Å². The summed E-state index contributed by atoms with van der Waals surface area (Å²) in [7, 11) is 1.58. The van der Waals surface area contributed by atoms with Gasteiger partial charge in [0.2, 0.25) is 0 Å². The fraction of sp³-hybridized carbons (Fsp3) is 0.0769. The van der Waals surface area contributed by atoms with Crippen LogP contribution >= 0.6 is 0 Å². The van der Waals surface area contributed by atoms with Crippen molar-refractivity contribution >= 4 is 5.78 Å². The third-order valence-corrected chi connectivity index (χ3v) is 2.26. The van der Waals surface area contributed by atoms with E-state index >= 15 is 0 Å². The third-order valence-electron chi connectivity index (χ3n) is 2.26. The number of ether oxygens (including phenoxy) is 1. The Balaban J connectivity index is 2.34. The molecule has 0 N–H and O–H groups in total. The molecule has 1 aromatic heterocycles. The van der Waals surface area contributed by atoms with E-state index in [1.807, 2.05) is 0 Å². The Morgan fingerprint density at radius 2 is 2.00 bits per heavy atom. The van der Waals surface area contributed by atoms with Gasteiger partial charge in [0, 0.05) is 23.5 Å². The zero-order valence-corrected chi connectivity index (χ0v) is 8.88. The predicted octanol–water partition coefficient (Wildman–Crippen LogP) is 2.32. The number of hydrogen-bond donors (Lipinski definition) is 0. The second kappa shape index (κ2) is 4.57. The van der Waals surface area contributed by atoms with Crippen molar-refractivity contribution in [1.82, 2.24) is 4.98 Å². The predicted molar refractivity (Wildman–Crippen MR) is 60.7 cm³/mol. The molecule has 0 aliphatic carbocycles. The molecule has 0 unspecified atom stereocenters. The molecule has 3 nitrogen and oxygen atoms in total. The first-order chi connectivity index (χ1) is 7.81. The minimum atomic E-state index is -0.0491. The van der Waals surface area contributed by atoms with E-state index in [2.05, 4.69) is 4.98 Å². The number of rotatable bonds is 3. The Hall–Kier alpha value is -2.16. The van der Waals surface area contributed by atoms with E-state index in [0.29, 0.717) is 16.9 Å². The molecule has 0 saturated heterocycles. The minimum absolute atomic E-state index is 0.0491. The molecule has 2 rings (SSSR count). The molecule has 0 aliphatic rings. The molecular formula is C13H11NO2. The molecule has 0 aliphatic heterocycles. The average molecular weight is 213 g/mol. The van der Waals surface area contributed by atoms with Crippen molar-refractivity contribution in [2.75, 3.05) is 7.11 Å². The lowest BCUT2D eigenvalue weighted by atomic mass is 10.1. The van der Waals surface area contributed by atoms with Crippen molar-refractivity contribution in [2.45, 2.75) is 0 Å². The van der Waals surface area contributed by atoms with Crippen LogP contribution in [0.4, 0.5) is 0 Å². The van der Waals surface area contributed by atoms with Gasteiger partial charge in [-0.05, 0) is 24.3 Å². The molecule has 0 fully saturated rings. The van der Waals surface area contributed by atoms with Crippen LogP contribution in [0.2, 0.25) is 0 Å². The summed E-state index contributed by atoms with van der Waals surface area (Å²) in [5.41, 5.74) is 1.18. The Kier molecular flexibility index (Phi) is 2.96. The summed E-state index contributed by atoms with van der Waals surface area (Å²) in [6.07, 6.45) is 3.20. The van der Waals surface area contributed by atoms with E-state index in [1.165, 1.54) is 0 Å². The number of aromatic nitrogens is 1. The highest BCUT2D eigenvalue weighted by Gasteiger charge is 2.09. The van der Waals surface area contributed by atoms with E-state index in [0.717, 1.165) is 0 Å². The fourth-order valence-electron chi connectivity index (χ4n) is 1.43. The van der Waals surface area contributed by atoms with Crippen molar-refractivity contribution in [3.05, 3.63) is 59.9 Å². The van der Waals surface area contributed by atoms with Crippen LogP contribution in [0.15, 0.2) is 48.8 Å². The molecule has 0 amide bonds. The molecule has 3 heteroatoms. The van der Waals surface area contributed by atoms with Crippen molar-refractivity contribution in [1.29, 1.82) is 0 Å². The number of carbonyl (C=O) groups excluding carboxylic acids is 1. The van der Waals surface area contributed by atoms with Crippen molar-refractivity contribution in [2.24, 2.45) is 0 Å². The van der Waals surface area contributed by atoms with Crippen molar-refractivity contribution < 1.29 is 9.53 Å². The quantitative estimate of drug-likeness (QED) is 0.734. The lowest BCUT2D eigenvalue weighted by Gasteiger charge is -2.03.